The maximum Gasteiger partial charge on any atom is 0.264 e. The summed E-state index contributed by atoms with van der Waals surface area (Å²) >= 11 is 0. The molecule has 2 fully saturated rings. The number of nitrogens with zero attached hydrogens (tertiary/aromatic N) is 3. The predicted molar refractivity (Wildman–Crippen MR) is 218 cm³/mol. The summed E-state index contributed by atoms with van der Waals surface area (Å²) in [7, 11) is 0. The number of aromatic amines is 1. The van der Waals surface area contributed by atoms with Crippen LogP contribution in [0.15, 0.2) is 36.4 Å². The number of halogens is 1. The Morgan fingerprint density at radius 2 is 1.67 bits per heavy atom. The number of H-pyrrole nitrogens is 1. The lowest BCUT2D eigenvalue weighted by Crippen LogP contribution is -2.54. The molecule has 6 N–H and O–H groups in total. The molecule has 7 rings (SSSR count). The van der Waals surface area contributed by atoms with Gasteiger partial charge in [0.05, 0.1) is 42.0 Å². The van der Waals surface area contributed by atoms with Gasteiger partial charge in [-0.3, -0.25) is 48.7 Å². The average molecular weight is 826 g/mol. The van der Waals surface area contributed by atoms with Crippen LogP contribution in [0.1, 0.15) is 72.9 Å². The monoisotopic (exact) mass is 825 g/mol. The first-order chi connectivity index (χ1) is 28.9. The molecule has 60 heavy (non-hydrogen) atoms. The molecule has 5 heterocycles. The lowest BCUT2D eigenvalue weighted by molar-refractivity contribution is -0.136. The zero-order valence-corrected chi connectivity index (χ0v) is 33.5. The fourth-order valence-corrected chi connectivity index (χ4v) is 8.01. The number of benzene rings is 2. The molecule has 3 aromatic rings. The third-order valence-corrected chi connectivity index (χ3v) is 11.1. The molecule has 0 aliphatic carbocycles. The highest BCUT2D eigenvalue weighted by Crippen LogP contribution is 2.35. The molecule has 17 nitrogen and oxygen atoms in total. The Morgan fingerprint density at radius 3 is 2.45 bits per heavy atom. The zero-order valence-electron chi connectivity index (χ0n) is 33.5. The molecule has 1 atom stereocenters. The summed E-state index contributed by atoms with van der Waals surface area (Å²) in [4.78, 5) is 97.1. The Kier molecular flexibility index (Phi) is 12.8. The Labute approximate surface area is 345 Å². The van der Waals surface area contributed by atoms with E-state index < -0.39 is 35.5 Å². The molecule has 4 aliphatic rings. The Morgan fingerprint density at radius 1 is 0.900 bits per heavy atom. The number of carbonyl (C=O) groups is 7. The van der Waals surface area contributed by atoms with Gasteiger partial charge in [0, 0.05) is 80.6 Å². The van der Waals surface area contributed by atoms with Gasteiger partial charge in [-0.1, -0.05) is 6.07 Å². The summed E-state index contributed by atoms with van der Waals surface area (Å²) in [5.41, 5.74) is 4.66. The average Bonchev–Trinajstić information content (AvgIpc) is 3.78. The second kappa shape index (κ2) is 18.4. The quantitative estimate of drug-likeness (QED) is 0.0694. The van der Waals surface area contributed by atoms with Crippen molar-refractivity contribution < 1.29 is 42.7 Å². The van der Waals surface area contributed by atoms with Crippen molar-refractivity contribution in [3.05, 3.63) is 81.4 Å². The summed E-state index contributed by atoms with van der Waals surface area (Å²) in [5.74, 6) is -3.34. The van der Waals surface area contributed by atoms with E-state index in [2.05, 4.69) is 41.4 Å². The van der Waals surface area contributed by atoms with Gasteiger partial charge in [0.2, 0.25) is 17.7 Å². The number of nitrogens with one attached hydrogen (secondary N) is 6. The van der Waals surface area contributed by atoms with Gasteiger partial charge in [-0.15, -0.1) is 0 Å². The number of anilines is 2. The van der Waals surface area contributed by atoms with Gasteiger partial charge in [0.15, 0.2) is 0 Å². The highest BCUT2D eigenvalue weighted by atomic mass is 19.1. The van der Waals surface area contributed by atoms with E-state index in [1.165, 1.54) is 24.3 Å². The van der Waals surface area contributed by atoms with Crippen LogP contribution in [0.3, 0.4) is 0 Å². The number of fused-ring (bicyclic) bond motifs is 2. The van der Waals surface area contributed by atoms with E-state index in [9.17, 15) is 38.0 Å². The number of ether oxygens (including phenoxy) is 1. The van der Waals surface area contributed by atoms with Crippen LogP contribution in [-0.4, -0.2) is 139 Å². The number of carbonyl (C=O) groups excluding carboxylic acids is 7. The number of hydrogen-bond acceptors (Lipinski definition) is 11. The first-order valence-electron chi connectivity index (χ1n) is 20.1. The van der Waals surface area contributed by atoms with Crippen LogP contribution >= 0.6 is 0 Å². The maximum absolute atomic E-state index is 13.9. The topological polar surface area (TPSA) is 214 Å². The van der Waals surface area contributed by atoms with Crippen LogP contribution < -0.4 is 26.6 Å². The van der Waals surface area contributed by atoms with Gasteiger partial charge in [-0.2, -0.15) is 0 Å². The largest absolute Gasteiger partial charge is 0.382 e. The molecule has 0 saturated carbocycles. The van der Waals surface area contributed by atoms with Crippen molar-refractivity contribution in [2.75, 3.05) is 82.8 Å². The summed E-state index contributed by atoms with van der Waals surface area (Å²) in [5, 5.41) is 13.9. The Hall–Kier alpha value is -6.24. The molecule has 0 bridgehead atoms. The molecule has 1 unspecified atom stereocenters. The van der Waals surface area contributed by atoms with Gasteiger partial charge in [0.25, 0.3) is 23.6 Å². The third kappa shape index (κ3) is 9.15. The number of imide groups is 2. The van der Waals surface area contributed by atoms with Crippen LogP contribution in [0.25, 0.3) is 11.6 Å². The lowest BCUT2D eigenvalue weighted by Gasteiger charge is -2.34. The van der Waals surface area contributed by atoms with Crippen molar-refractivity contribution in [3.63, 3.8) is 0 Å². The smallest absolute Gasteiger partial charge is 0.264 e. The van der Waals surface area contributed by atoms with E-state index in [0.717, 1.165) is 44.0 Å². The Balaban J connectivity index is 0.753. The number of amides is 7. The van der Waals surface area contributed by atoms with E-state index >= 15 is 0 Å². The second-order valence-corrected chi connectivity index (χ2v) is 15.2. The summed E-state index contributed by atoms with van der Waals surface area (Å²) in [6.45, 7) is 9.44. The van der Waals surface area contributed by atoms with Crippen molar-refractivity contribution in [2.45, 2.75) is 39.2 Å². The minimum Gasteiger partial charge on any atom is -0.382 e. The minimum atomic E-state index is -1.04. The van der Waals surface area contributed by atoms with E-state index in [0.29, 0.717) is 64.7 Å². The van der Waals surface area contributed by atoms with E-state index in [4.69, 9.17) is 4.74 Å². The van der Waals surface area contributed by atoms with Crippen LogP contribution in [0.2, 0.25) is 0 Å². The fraction of sp³-hybridized carbons (Fsp3) is 0.405. The number of piperidine rings is 1. The van der Waals surface area contributed by atoms with E-state index in [1.807, 2.05) is 6.92 Å². The molecule has 1 aromatic heterocycles. The predicted octanol–water partition coefficient (Wildman–Crippen LogP) is 1.65. The molecule has 316 valence electrons. The molecular weight excluding hydrogens is 778 g/mol. The highest BCUT2D eigenvalue weighted by Gasteiger charge is 2.45. The van der Waals surface area contributed by atoms with Crippen LogP contribution in [-0.2, 0) is 23.9 Å². The SMILES string of the molecule is Cc1[nH]c(/C=C2\C(=O)Nc3ccc(F)cc32)c(C)c1C(=O)NCCCN1CCN(CC(=O)NCCOCCNc2cccc3c2C(=O)N(C2CCC(=O)NC2=O)C3=O)CC1. The van der Waals surface area contributed by atoms with Gasteiger partial charge in [-0.05, 0) is 75.2 Å². The summed E-state index contributed by atoms with van der Waals surface area (Å²) in [6.07, 6.45) is 2.52. The zero-order chi connectivity index (χ0) is 42.5. The molecule has 0 spiro atoms. The van der Waals surface area contributed by atoms with Crippen molar-refractivity contribution >= 4 is 64.4 Å². The molecule has 7 amide bonds. The molecular formula is C42H48FN9O8. The molecule has 0 radical (unpaired) electrons. The molecule has 18 heteroatoms. The fourth-order valence-electron chi connectivity index (χ4n) is 8.01. The number of aryl methyl sites for hydroxylation is 1. The number of rotatable bonds is 16. The molecule has 2 aromatic carbocycles. The minimum absolute atomic E-state index is 0.0447. The van der Waals surface area contributed by atoms with E-state index in [1.54, 1.807) is 25.1 Å². The second-order valence-electron chi connectivity index (χ2n) is 15.2. The summed E-state index contributed by atoms with van der Waals surface area (Å²) in [6, 6.07) is 7.95. The molecule has 2 saturated heterocycles. The lowest BCUT2D eigenvalue weighted by atomic mass is 10.0. The van der Waals surface area contributed by atoms with Gasteiger partial charge in [0.1, 0.15) is 11.9 Å². The Bertz CT molecular complexity index is 2260. The molecule has 4 aliphatic heterocycles. The first-order valence-corrected chi connectivity index (χ1v) is 20.1. The number of aromatic nitrogens is 1. The van der Waals surface area contributed by atoms with Gasteiger partial charge in [-0.25, -0.2) is 4.39 Å². The van der Waals surface area contributed by atoms with Crippen molar-refractivity contribution in [3.8, 4) is 0 Å². The van der Waals surface area contributed by atoms with Crippen LogP contribution in [0.4, 0.5) is 15.8 Å². The number of hydrogen-bond donors (Lipinski definition) is 6. The van der Waals surface area contributed by atoms with Crippen molar-refractivity contribution in [1.29, 1.82) is 0 Å². The van der Waals surface area contributed by atoms with Gasteiger partial charge < -0.3 is 35.9 Å². The first kappa shape index (κ1) is 41.9. The standard InChI is InChI=1S/C42H48FN9O8/c1-24-32(22-29-28-21-26(43)7-8-30(28)48-38(29)55)47-25(2)36(24)40(57)46-11-4-14-50-15-17-51(18-16-50)23-35(54)45-13-20-60-19-12-44-31-6-3-5-27-37(31)42(59)52(41(27)58)33-9-10-34(53)49-39(33)56/h3,5-8,21-22,33,44,47H,4,9-20,23H2,1-2H3,(H,45,54)(H,46,57)(H,48,55)(H,49,53,56)/b29-22-. The maximum atomic E-state index is 13.9. The normalized spacial score (nSPS) is 18.7. The summed E-state index contributed by atoms with van der Waals surface area (Å²) < 4.78 is 19.6. The van der Waals surface area contributed by atoms with Crippen molar-refractivity contribution in [1.82, 2.24) is 35.6 Å². The third-order valence-electron chi connectivity index (χ3n) is 11.1. The van der Waals surface area contributed by atoms with Gasteiger partial charge >= 0.3 is 0 Å². The number of piperazine rings is 1. The van der Waals surface area contributed by atoms with E-state index in [-0.39, 0.29) is 61.4 Å². The van der Waals surface area contributed by atoms with Crippen molar-refractivity contribution in [2.24, 2.45) is 0 Å². The van der Waals surface area contributed by atoms with Crippen LogP contribution in [0.5, 0.6) is 0 Å². The highest BCUT2D eigenvalue weighted by molar-refractivity contribution is 6.35. The van der Waals surface area contributed by atoms with Crippen LogP contribution in [0, 0.1) is 19.7 Å².